The molecule has 1 rings (SSSR count). The van der Waals surface area contributed by atoms with Crippen molar-refractivity contribution in [1.82, 2.24) is 9.78 Å². The molecule has 12 heavy (non-hydrogen) atoms. The fraction of sp³-hybridized carbons (Fsp3) is 0.429. The minimum Gasteiger partial charge on any atom is -0.370 e. The monoisotopic (exact) mass is 167 g/mol. The molecule has 0 aliphatic carbocycles. The Kier molecular flexibility index (Phi) is 2.32. The van der Waals surface area contributed by atoms with E-state index >= 15 is 0 Å². The van der Waals surface area contributed by atoms with Gasteiger partial charge in [-0.05, 0) is 13.0 Å². The average Bonchev–Trinajstić information content (AvgIpc) is 2.26. The van der Waals surface area contributed by atoms with E-state index in [4.69, 9.17) is 11.5 Å². The third-order valence-electron chi connectivity index (χ3n) is 1.52. The molecule has 0 saturated carbocycles. The van der Waals surface area contributed by atoms with Crippen LogP contribution in [0, 0.1) is 6.92 Å². The van der Waals surface area contributed by atoms with Crippen LogP contribution < -0.4 is 11.5 Å². The van der Waals surface area contributed by atoms with Crippen LogP contribution in [0.15, 0.2) is 11.1 Å². The predicted octanol–water partition coefficient (Wildman–Crippen LogP) is -0.498. The average molecular weight is 167 g/mol. The van der Waals surface area contributed by atoms with Gasteiger partial charge in [-0.15, -0.1) is 0 Å². The van der Waals surface area contributed by atoms with Gasteiger partial charge in [0.15, 0.2) is 5.96 Å². The molecule has 0 aromatic carbocycles. The van der Waals surface area contributed by atoms with Gasteiger partial charge in [-0.25, -0.2) is 4.99 Å². The Balaban J connectivity index is 2.75. The van der Waals surface area contributed by atoms with Gasteiger partial charge in [0.05, 0.1) is 17.9 Å². The van der Waals surface area contributed by atoms with Gasteiger partial charge in [0.2, 0.25) is 0 Å². The molecule has 0 saturated heterocycles. The summed E-state index contributed by atoms with van der Waals surface area (Å²) in [7, 11) is 1.87. The standard InChI is InChI=1S/C7H13N5/c1-5-3-6(12(2)11-5)4-10-7(8)9/h3H,4H2,1-2H3,(H4,8,9,10). The Morgan fingerprint density at radius 3 is 2.75 bits per heavy atom. The van der Waals surface area contributed by atoms with Crippen molar-refractivity contribution in [2.24, 2.45) is 23.5 Å². The fourth-order valence-corrected chi connectivity index (χ4v) is 0.984. The van der Waals surface area contributed by atoms with Gasteiger partial charge in [0.1, 0.15) is 0 Å². The molecule has 1 aromatic rings. The van der Waals surface area contributed by atoms with Gasteiger partial charge in [-0.3, -0.25) is 4.68 Å². The van der Waals surface area contributed by atoms with Crippen molar-refractivity contribution in [2.45, 2.75) is 13.5 Å². The minimum absolute atomic E-state index is 0.105. The lowest BCUT2D eigenvalue weighted by Gasteiger charge is -1.96. The van der Waals surface area contributed by atoms with Crippen LogP contribution in [0.25, 0.3) is 0 Å². The molecular formula is C7H13N5. The second kappa shape index (κ2) is 3.25. The summed E-state index contributed by atoms with van der Waals surface area (Å²) in [5, 5.41) is 4.15. The summed E-state index contributed by atoms with van der Waals surface area (Å²) in [5.41, 5.74) is 12.4. The number of aliphatic imine (C=N–C) groups is 1. The first-order valence-corrected chi connectivity index (χ1v) is 3.64. The maximum Gasteiger partial charge on any atom is 0.186 e. The zero-order chi connectivity index (χ0) is 9.14. The topological polar surface area (TPSA) is 82.2 Å². The van der Waals surface area contributed by atoms with Crippen LogP contribution in [-0.4, -0.2) is 15.7 Å². The fourth-order valence-electron chi connectivity index (χ4n) is 0.984. The maximum atomic E-state index is 5.20. The second-order valence-electron chi connectivity index (χ2n) is 2.64. The molecule has 5 nitrogen and oxygen atoms in total. The summed E-state index contributed by atoms with van der Waals surface area (Å²) in [6.45, 7) is 2.42. The van der Waals surface area contributed by atoms with Crippen LogP contribution in [0.4, 0.5) is 0 Å². The number of rotatable bonds is 2. The third kappa shape index (κ3) is 1.98. The molecule has 0 unspecified atom stereocenters. The van der Waals surface area contributed by atoms with E-state index in [9.17, 15) is 0 Å². The number of aromatic nitrogens is 2. The van der Waals surface area contributed by atoms with Gasteiger partial charge in [-0.1, -0.05) is 0 Å². The summed E-state index contributed by atoms with van der Waals surface area (Å²) in [4.78, 5) is 3.88. The minimum atomic E-state index is 0.105. The van der Waals surface area contributed by atoms with Crippen molar-refractivity contribution in [3.8, 4) is 0 Å². The zero-order valence-electron chi connectivity index (χ0n) is 7.28. The Morgan fingerprint density at radius 2 is 2.33 bits per heavy atom. The normalized spacial score (nSPS) is 9.83. The first-order chi connectivity index (χ1) is 5.59. The van der Waals surface area contributed by atoms with E-state index in [2.05, 4.69) is 10.1 Å². The van der Waals surface area contributed by atoms with Crippen LogP contribution >= 0.6 is 0 Å². The smallest absolute Gasteiger partial charge is 0.186 e. The Hall–Kier alpha value is -1.52. The summed E-state index contributed by atoms with van der Waals surface area (Å²) in [5.74, 6) is 0.105. The second-order valence-corrected chi connectivity index (χ2v) is 2.64. The zero-order valence-corrected chi connectivity index (χ0v) is 7.28. The molecule has 0 fully saturated rings. The van der Waals surface area contributed by atoms with E-state index in [1.807, 2.05) is 20.0 Å². The molecule has 0 radical (unpaired) electrons. The van der Waals surface area contributed by atoms with Crippen LogP contribution in [-0.2, 0) is 13.6 Å². The number of hydrogen-bond acceptors (Lipinski definition) is 2. The van der Waals surface area contributed by atoms with E-state index in [1.54, 1.807) is 4.68 Å². The summed E-state index contributed by atoms with van der Waals surface area (Å²) in [6, 6.07) is 1.95. The van der Waals surface area contributed by atoms with Crippen LogP contribution in [0.3, 0.4) is 0 Å². The number of nitrogens with zero attached hydrogens (tertiary/aromatic N) is 3. The molecule has 5 heteroatoms. The van der Waals surface area contributed by atoms with E-state index in [-0.39, 0.29) is 5.96 Å². The van der Waals surface area contributed by atoms with E-state index < -0.39 is 0 Å². The highest BCUT2D eigenvalue weighted by molar-refractivity contribution is 5.75. The Bertz CT molecular complexity index is 295. The molecule has 1 aromatic heterocycles. The summed E-state index contributed by atoms with van der Waals surface area (Å²) in [6.07, 6.45) is 0. The first-order valence-electron chi connectivity index (χ1n) is 3.64. The highest BCUT2D eigenvalue weighted by Crippen LogP contribution is 2.02. The Labute approximate surface area is 71.1 Å². The van der Waals surface area contributed by atoms with Crippen molar-refractivity contribution in [2.75, 3.05) is 0 Å². The van der Waals surface area contributed by atoms with Gasteiger partial charge >= 0.3 is 0 Å². The molecule has 0 atom stereocenters. The van der Waals surface area contributed by atoms with Gasteiger partial charge in [0.25, 0.3) is 0 Å². The lowest BCUT2D eigenvalue weighted by Crippen LogP contribution is -2.22. The number of aryl methyl sites for hydroxylation is 2. The van der Waals surface area contributed by atoms with Crippen LogP contribution in [0.2, 0.25) is 0 Å². The van der Waals surface area contributed by atoms with Crippen molar-refractivity contribution in [3.05, 3.63) is 17.5 Å². The molecule has 0 amide bonds. The molecule has 0 aliphatic rings. The molecule has 66 valence electrons. The van der Waals surface area contributed by atoms with Crippen molar-refractivity contribution in [3.63, 3.8) is 0 Å². The van der Waals surface area contributed by atoms with Crippen molar-refractivity contribution >= 4 is 5.96 Å². The lowest BCUT2D eigenvalue weighted by molar-refractivity contribution is 0.705. The molecule has 0 spiro atoms. The van der Waals surface area contributed by atoms with Gasteiger partial charge in [-0.2, -0.15) is 5.10 Å². The quantitative estimate of drug-likeness (QED) is 0.460. The molecule has 0 bridgehead atoms. The van der Waals surface area contributed by atoms with E-state index in [0.717, 1.165) is 11.4 Å². The highest BCUT2D eigenvalue weighted by Gasteiger charge is 1.99. The predicted molar refractivity (Wildman–Crippen MR) is 47.5 cm³/mol. The van der Waals surface area contributed by atoms with Gasteiger partial charge in [0, 0.05) is 7.05 Å². The lowest BCUT2D eigenvalue weighted by atomic mass is 10.4. The van der Waals surface area contributed by atoms with Crippen LogP contribution in [0.1, 0.15) is 11.4 Å². The van der Waals surface area contributed by atoms with Crippen LogP contribution in [0.5, 0.6) is 0 Å². The first kappa shape index (κ1) is 8.58. The Morgan fingerprint density at radius 1 is 1.67 bits per heavy atom. The molecule has 1 heterocycles. The number of guanidine groups is 1. The van der Waals surface area contributed by atoms with Gasteiger partial charge < -0.3 is 11.5 Å². The SMILES string of the molecule is Cc1cc(CN=C(N)N)n(C)n1. The highest BCUT2D eigenvalue weighted by atomic mass is 15.3. The molecule has 4 N–H and O–H groups in total. The molecule has 0 aliphatic heterocycles. The van der Waals surface area contributed by atoms with E-state index in [1.165, 1.54) is 0 Å². The largest absolute Gasteiger partial charge is 0.370 e. The van der Waals surface area contributed by atoms with Crippen molar-refractivity contribution in [1.29, 1.82) is 0 Å². The van der Waals surface area contributed by atoms with E-state index in [0.29, 0.717) is 6.54 Å². The van der Waals surface area contributed by atoms with Crippen molar-refractivity contribution < 1.29 is 0 Å². The summed E-state index contributed by atoms with van der Waals surface area (Å²) < 4.78 is 1.77. The number of hydrogen-bond donors (Lipinski definition) is 2. The summed E-state index contributed by atoms with van der Waals surface area (Å²) >= 11 is 0. The molecular weight excluding hydrogens is 154 g/mol. The third-order valence-corrected chi connectivity index (χ3v) is 1.52. The maximum absolute atomic E-state index is 5.20. The number of nitrogens with two attached hydrogens (primary N) is 2.